The summed E-state index contributed by atoms with van der Waals surface area (Å²) in [5.74, 6) is 0.522. The Morgan fingerprint density at radius 3 is 2.26 bits per heavy atom. The summed E-state index contributed by atoms with van der Waals surface area (Å²) in [6.45, 7) is 2.36. The maximum Gasteiger partial charge on any atom is 0.415 e. The Kier molecular flexibility index (Phi) is 9.16. The number of hydrogen-bond donors (Lipinski definition) is 2. The zero-order valence-electron chi connectivity index (χ0n) is 29.5. The molecule has 3 aliphatic rings. The minimum absolute atomic E-state index is 0.156. The summed E-state index contributed by atoms with van der Waals surface area (Å²) in [6, 6.07) is 31.3. The molecule has 272 valence electrons. The van der Waals surface area contributed by atoms with Crippen molar-refractivity contribution in [2.24, 2.45) is 0 Å². The van der Waals surface area contributed by atoms with Crippen LogP contribution in [0.4, 0.5) is 10.5 Å². The van der Waals surface area contributed by atoms with Crippen molar-refractivity contribution >= 4 is 46.2 Å². The van der Waals surface area contributed by atoms with Crippen molar-refractivity contribution in [3.63, 3.8) is 0 Å². The molecule has 2 fully saturated rings. The third kappa shape index (κ3) is 6.69. The minimum atomic E-state index is -0.659. The van der Waals surface area contributed by atoms with Gasteiger partial charge in [-0.25, -0.2) is 4.79 Å². The number of carbonyl (C=O) groups excluding carboxylic acids is 5. The van der Waals surface area contributed by atoms with Gasteiger partial charge in [0, 0.05) is 74.0 Å². The Morgan fingerprint density at radius 2 is 1.52 bits per heavy atom. The van der Waals surface area contributed by atoms with Gasteiger partial charge in [-0.15, -0.1) is 0 Å². The van der Waals surface area contributed by atoms with Gasteiger partial charge in [0.15, 0.2) is 0 Å². The average molecular weight is 724 g/mol. The number of amides is 5. The fourth-order valence-corrected chi connectivity index (χ4v) is 7.29. The number of piperidine rings is 1. The molecule has 3 heterocycles. The smallest absolute Gasteiger partial charge is 0.415 e. The Labute approximate surface area is 311 Å². The molecule has 0 saturated carbocycles. The number of ether oxygens (including phenoxy) is 2. The van der Waals surface area contributed by atoms with E-state index < -0.39 is 18.0 Å². The van der Waals surface area contributed by atoms with E-state index in [0.29, 0.717) is 67.5 Å². The Hall–Kier alpha value is -6.69. The summed E-state index contributed by atoms with van der Waals surface area (Å²) in [5.41, 5.74) is 4.67. The first-order chi connectivity index (χ1) is 26.2. The van der Waals surface area contributed by atoms with Crippen LogP contribution in [-0.2, 0) is 16.1 Å². The van der Waals surface area contributed by atoms with Crippen molar-refractivity contribution in [3.05, 3.63) is 120 Å². The van der Waals surface area contributed by atoms with Gasteiger partial charge in [0.25, 0.3) is 11.8 Å². The topological polar surface area (TPSA) is 138 Å². The third-order valence-electron chi connectivity index (χ3n) is 10.2. The van der Waals surface area contributed by atoms with Crippen molar-refractivity contribution < 1.29 is 33.4 Å². The van der Waals surface area contributed by atoms with Crippen LogP contribution < -0.4 is 25.0 Å². The predicted octanol–water partition coefficient (Wildman–Crippen LogP) is 5.74. The number of imide groups is 1. The molecule has 54 heavy (non-hydrogen) atoms. The Balaban J connectivity index is 0.896. The molecule has 0 radical (unpaired) electrons. The molecule has 5 aromatic rings. The quantitative estimate of drug-likeness (QED) is 0.203. The number of nitrogens with zero attached hydrogens (tertiary/aromatic N) is 3. The lowest BCUT2D eigenvalue weighted by Gasteiger charge is -2.35. The number of rotatable bonds is 7. The summed E-state index contributed by atoms with van der Waals surface area (Å²) in [4.78, 5) is 67.8. The van der Waals surface area contributed by atoms with Gasteiger partial charge in [-0.1, -0.05) is 42.5 Å². The zero-order valence-corrected chi connectivity index (χ0v) is 29.5. The van der Waals surface area contributed by atoms with Crippen LogP contribution in [-0.4, -0.2) is 78.8 Å². The van der Waals surface area contributed by atoms with Gasteiger partial charge >= 0.3 is 6.09 Å². The van der Waals surface area contributed by atoms with Gasteiger partial charge in [0.2, 0.25) is 11.8 Å². The number of benzene rings is 5. The average Bonchev–Trinajstić information content (AvgIpc) is 3.53. The largest absolute Gasteiger partial charge is 0.456 e. The van der Waals surface area contributed by atoms with E-state index in [0.717, 1.165) is 33.2 Å². The molecule has 5 aromatic carbocycles. The second-order valence-electron chi connectivity index (χ2n) is 13.5. The number of fused-ring (bicyclic) bond motifs is 2. The monoisotopic (exact) mass is 723 g/mol. The van der Waals surface area contributed by atoms with E-state index in [1.54, 1.807) is 59.3 Å². The molecule has 2 N–H and O–H groups in total. The predicted molar refractivity (Wildman–Crippen MR) is 202 cm³/mol. The van der Waals surface area contributed by atoms with E-state index in [9.17, 15) is 24.0 Å². The highest BCUT2D eigenvalue weighted by atomic mass is 16.6. The van der Waals surface area contributed by atoms with E-state index in [-0.39, 0.29) is 24.1 Å². The first-order valence-electron chi connectivity index (χ1n) is 17.9. The molecule has 0 aliphatic carbocycles. The van der Waals surface area contributed by atoms with Crippen molar-refractivity contribution in [3.8, 4) is 28.4 Å². The molecular weight excluding hydrogens is 686 g/mol. The van der Waals surface area contributed by atoms with Crippen LogP contribution in [0.15, 0.2) is 103 Å². The molecule has 8 rings (SSSR count). The molecule has 0 spiro atoms. The molecule has 1 unspecified atom stereocenters. The molecule has 12 nitrogen and oxygen atoms in total. The first-order valence-corrected chi connectivity index (χ1v) is 17.9. The second kappa shape index (κ2) is 14.4. The SMILES string of the molecule is CNC(=O)c1ccc(-c2ccc3ccccc3c2Oc2ccc(OC(=O)N3CCN(c4ccc5c(c4)CN(C4CCC(=O)NC4=O)C5=O)CC3)cc2)cc1. The van der Waals surface area contributed by atoms with Gasteiger partial charge in [-0.2, -0.15) is 0 Å². The zero-order chi connectivity index (χ0) is 37.3. The lowest BCUT2D eigenvalue weighted by atomic mass is 9.98. The fraction of sp³-hybridized carbons (Fsp3) is 0.214. The summed E-state index contributed by atoms with van der Waals surface area (Å²) in [6.07, 6.45) is 0.0813. The summed E-state index contributed by atoms with van der Waals surface area (Å²) < 4.78 is 12.2. The van der Waals surface area contributed by atoms with Crippen molar-refractivity contribution in [1.29, 1.82) is 0 Å². The highest BCUT2D eigenvalue weighted by Gasteiger charge is 2.39. The highest BCUT2D eigenvalue weighted by Crippen LogP contribution is 2.40. The molecule has 0 aromatic heterocycles. The molecule has 3 aliphatic heterocycles. The van der Waals surface area contributed by atoms with E-state index >= 15 is 0 Å². The van der Waals surface area contributed by atoms with Crippen LogP contribution in [0, 0.1) is 0 Å². The highest BCUT2D eigenvalue weighted by molar-refractivity contribution is 6.05. The third-order valence-corrected chi connectivity index (χ3v) is 10.2. The van der Waals surface area contributed by atoms with Gasteiger partial charge < -0.3 is 29.5 Å². The van der Waals surface area contributed by atoms with Crippen LogP contribution >= 0.6 is 0 Å². The van der Waals surface area contributed by atoms with E-state index in [1.807, 2.05) is 60.7 Å². The van der Waals surface area contributed by atoms with Gasteiger partial charge in [0.05, 0.1) is 0 Å². The van der Waals surface area contributed by atoms with Crippen LogP contribution in [0.1, 0.15) is 39.1 Å². The van der Waals surface area contributed by atoms with E-state index in [2.05, 4.69) is 15.5 Å². The Morgan fingerprint density at radius 1 is 0.796 bits per heavy atom. The maximum absolute atomic E-state index is 13.2. The normalized spacial score (nSPS) is 16.9. The molecule has 2 saturated heterocycles. The fourth-order valence-electron chi connectivity index (χ4n) is 7.29. The number of nitrogens with one attached hydrogen (secondary N) is 2. The van der Waals surface area contributed by atoms with Gasteiger partial charge in [0.1, 0.15) is 23.3 Å². The van der Waals surface area contributed by atoms with Gasteiger partial charge in [-0.3, -0.25) is 24.5 Å². The second-order valence-corrected chi connectivity index (χ2v) is 13.5. The Bertz CT molecular complexity index is 2300. The van der Waals surface area contributed by atoms with Crippen LogP contribution in [0.2, 0.25) is 0 Å². The molecular formula is C42H37N5O7. The summed E-state index contributed by atoms with van der Waals surface area (Å²) >= 11 is 0. The summed E-state index contributed by atoms with van der Waals surface area (Å²) in [5, 5.41) is 6.94. The maximum atomic E-state index is 13.2. The van der Waals surface area contributed by atoms with Crippen LogP contribution in [0.3, 0.4) is 0 Å². The van der Waals surface area contributed by atoms with Crippen LogP contribution in [0.25, 0.3) is 21.9 Å². The standard InChI is InChI=1S/C42H37N5O7/c1-43-39(49)28-8-6-27(7-9-28)34-16-10-26-4-2-3-5-33(26)38(34)53-31-12-14-32(15-13-31)54-42(52)46-22-20-45(21-23-46)30-11-17-35-29(24-30)25-47(41(35)51)36-18-19-37(48)44-40(36)50/h2-17,24,36H,18-23,25H2,1H3,(H,43,49)(H,44,48,50). The lowest BCUT2D eigenvalue weighted by Crippen LogP contribution is -2.52. The first kappa shape index (κ1) is 34.4. The van der Waals surface area contributed by atoms with E-state index in [4.69, 9.17) is 9.47 Å². The number of piperazine rings is 1. The van der Waals surface area contributed by atoms with Gasteiger partial charge in [-0.05, 0) is 83.6 Å². The minimum Gasteiger partial charge on any atom is -0.456 e. The number of carbonyl (C=O) groups is 5. The molecule has 0 bridgehead atoms. The van der Waals surface area contributed by atoms with Crippen LogP contribution in [0.5, 0.6) is 17.2 Å². The molecule has 12 heteroatoms. The summed E-state index contributed by atoms with van der Waals surface area (Å²) in [7, 11) is 1.60. The number of anilines is 1. The lowest BCUT2D eigenvalue weighted by molar-refractivity contribution is -0.136. The molecule has 1 atom stereocenters. The van der Waals surface area contributed by atoms with Crippen molar-refractivity contribution in [2.45, 2.75) is 25.4 Å². The van der Waals surface area contributed by atoms with Crippen molar-refractivity contribution in [2.75, 3.05) is 38.1 Å². The van der Waals surface area contributed by atoms with Crippen molar-refractivity contribution in [1.82, 2.24) is 20.4 Å². The van der Waals surface area contributed by atoms with E-state index in [1.165, 1.54) is 0 Å². The number of hydrogen-bond acceptors (Lipinski definition) is 8. The molecule has 5 amide bonds.